The molecule has 9 nitrogen and oxygen atoms in total. The summed E-state index contributed by atoms with van der Waals surface area (Å²) in [4.78, 5) is 41.7. The Kier molecular flexibility index (Phi) is 13.0. The lowest BCUT2D eigenvalue weighted by Crippen LogP contribution is -2.59. The monoisotopic (exact) mass is 812 g/mol. The third kappa shape index (κ3) is 9.93. The number of nitrogens with zero attached hydrogens (tertiary/aromatic N) is 1. The predicted molar refractivity (Wildman–Crippen MR) is 213 cm³/mol. The van der Waals surface area contributed by atoms with E-state index in [1.54, 1.807) is 97.1 Å². The van der Waals surface area contributed by atoms with Gasteiger partial charge in [-0.3, -0.25) is 0 Å². The molecule has 6 amide bonds. The third-order valence-corrected chi connectivity index (χ3v) is 9.64. The van der Waals surface area contributed by atoms with Gasteiger partial charge in [0.05, 0.1) is 22.1 Å². The van der Waals surface area contributed by atoms with E-state index in [9.17, 15) is 18.8 Å². The highest BCUT2D eigenvalue weighted by molar-refractivity contribution is 6.42. The zero-order valence-corrected chi connectivity index (χ0v) is 31.5. The Labute approximate surface area is 336 Å². The molecular formula is C42H33Cl3F2N6O3. The van der Waals surface area contributed by atoms with Gasteiger partial charge in [-0.1, -0.05) is 150 Å². The van der Waals surface area contributed by atoms with Crippen LogP contribution >= 0.6 is 34.8 Å². The molecule has 0 radical (unpaired) electrons. The van der Waals surface area contributed by atoms with Crippen LogP contribution in [0.3, 0.4) is 0 Å². The summed E-state index contributed by atoms with van der Waals surface area (Å²) in [7, 11) is 0. The van der Waals surface area contributed by atoms with E-state index in [0.717, 1.165) is 16.6 Å². The molecule has 284 valence electrons. The van der Waals surface area contributed by atoms with Crippen LogP contribution in [0, 0.1) is 11.6 Å². The maximum atomic E-state index is 15.6. The number of hydrazine groups is 2. The highest BCUT2D eigenvalue weighted by Crippen LogP contribution is 2.32. The fourth-order valence-corrected chi connectivity index (χ4v) is 6.46. The first-order chi connectivity index (χ1) is 27.1. The van der Waals surface area contributed by atoms with Gasteiger partial charge < -0.3 is 10.6 Å². The van der Waals surface area contributed by atoms with Gasteiger partial charge in [-0.2, -0.15) is 0 Å². The summed E-state index contributed by atoms with van der Waals surface area (Å²) in [6.45, 7) is 0. The average molecular weight is 814 g/mol. The largest absolute Gasteiger partial charge is 0.355 e. The van der Waals surface area contributed by atoms with Gasteiger partial charge in [0, 0.05) is 16.7 Å². The van der Waals surface area contributed by atoms with E-state index < -0.39 is 47.9 Å². The Morgan fingerprint density at radius 2 is 1.04 bits per heavy atom. The number of rotatable bonds is 9. The number of carbonyl (C=O) groups excluding carboxylic acids is 3. The van der Waals surface area contributed by atoms with E-state index in [1.807, 2.05) is 36.4 Å². The van der Waals surface area contributed by atoms with Crippen LogP contribution in [0.2, 0.25) is 15.1 Å². The maximum absolute atomic E-state index is 15.6. The highest BCUT2D eigenvalue weighted by Gasteiger charge is 2.32. The van der Waals surface area contributed by atoms with Crippen molar-refractivity contribution in [3.8, 4) is 0 Å². The number of halogens is 5. The summed E-state index contributed by atoms with van der Waals surface area (Å²) in [6.07, 6.45) is 0. The van der Waals surface area contributed by atoms with E-state index in [4.69, 9.17) is 34.8 Å². The topological polar surface area (TPSA) is 115 Å². The number of amides is 6. The number of hydrogen-bond acceptors (Lipinski definition) is 3. The van der Waals surface area contributed by atoms with Crippen LogP contribution in [0.5, 0.6) is 0 Å². The minimum absolute atomic E-state index is 0.159. The molecule has 6 aromatic rings. The van der Waals surface area contributed by atoms with Crippen LogP contribution in [0.1, 0.15) is 51.5 Å². The van der Waals surface area contributed by atoms with Crippen molar-refractivity contribution in [3.63, 3.8) is 0 Å². The molecule has 0 saturated carbocycles. The van der Waals surface area contributed by atoms with Gasteiger partial charge in [0.15, 0.2) is 0 Å². The summed E-state index contributed by atoms with van der Waals surface area (Å²) in [5.41, 5.74) is 10.0. The highest BCUT2D eigenvalue weighted by atomic mass is 35.5. The molecule has 0 fully saturated rings. The Morgan fingerprint density at radius 3 is 1.61 bits per heavy atom. The Morgan fingerprint density at radius 1 is 0.518 bits per heavy atom. The molecule has 6 aromatic carbocycles. The van der Waals surface area contributed by atoms with Gasteiger partial charge >= 0.3 is 18.1 Å². The summed E-state index contributed by atoms with van der Waals surface area (Å²) in [6, 6.07) is 35.3. The zero-order valence-electron chi connectivity index (χ0n) is 29.2. The first kappa shape index (κ1) is 39.6. The first-order valence-electron chi connectivity index (χ1n) is 17.1. The summed E-state index contributed by atoms with van der Waals surface area (Å²) < 4.78 is 29.8. The Balaban J connectivity index is 1.31. The van der Waals surface area contributed by atoms with Crippen molar-refractivity contribution in [3.05, 3.63) is 212 Å². The quantitative estimate of drug-likeness (QED) is 0.0937. The van der Waals surface area contributed by atoms with E-state index in [1.165, 1.54) is 6.07 Å². The number of carbonyl (C=O) groups is 3. The molecule has 6 rings (SSSR count). The molecule has 3 atom stereocenters. The Hall–Kier alpha value is -6.14. The van der Waals surface area contributed by atoms with Crippen LogP contribution in [-0.4, -0.2) is 23.1 Å². The van der Waals surface area contributed by atoms with Crippen LogP contribution in [0.25, 0.3) is 0 Å². The van der Waals surface area contributed by atoms with E-state index in [0.29, 0.717) is 38.4 Å². The predicted octanol–water partition coefficient (Wildman–Crippen LogP) is 10.0. The average Bonchev–Trinajstić information content (AvgIpc) is 3.21. The van der Waals surface area contributed by atoms with E-state index in [2.05, 4.69) is 26.9 Å². The molecule has 0 saturated heterocycles. The fraction of sp³-hybridized carbons (Fsp3) is 0.0714. The molecule has 56 heavy (non-hydrogen) atoms. The number of benzene rings is 6. The summed E-state index contributed by atoms with van der Waals surface area (Å²) >= 11 is 18.6. The fourth-order valence-electron chi connectivity index (χ4n) is 6.03. The molecule has 0 aromatic heterocycles. The summed E-state index contributed by atoms with van der Waals surface area (Å²) in [5.74, 6) is -1.84. The minimum Gasteiger partial charge on any atom is -0.326 e. The van der Waals surface area contributed by atoms with Gasteiger partial charge in [0.25, 0.3) is 0 Å². The lowest BCUT2D eigenvalue weighted by molar-refractivity contribution is 0.145. The number of urea groups is 3. The normalized spacial score (nSPS) is 12.4. The molecule has 0 aliphatic heterocycles. The van der Waals surface area contributed by atoms with Crippen molar-refractivity contribution in [2.45, 2.75) is 18.1 Å². The third-order valence-electron chi connectivity index (χ3n) is 8.65. The molecule has 3 unspecified atom stereocenters. The molecule has 0 heterocycles. The van der Waals surface area contributed by atoms with Crippen molar-refractivity contribution in [1.29, 1.82) is 0 Å². The van der Waals surface area contributed by atoms with Crippen LogP contribution in [-0.2, 0) is 0 Å². The second-order valence-corrected chi connectivity index (χ2v) is 13.6. The maximum Gasteiger partial charge on any atom is 0.355 e. The van der Waals surface area contributed by atoms with Crippen molar-refractivity contribution >= 4 is 52.9 Å². The second kappa shape index (κ2) is 18.5. The molecule has 0 aliphatic rings. The van der Waals surface area contributed by atoms with Crippen LogP contribution in [0.15, 0.2) is 152 Å². The SMILES string of the molecule is O=C(NNC(=O)N(NC(=O)NC(c1ccccc1)c1ccc(Cl)c(Cl)c1)C(c1ccccc1)c1ccc(F)cc1F)NC(c1ccccc1)c1ccc(Cl)cc1. The van der Waals surface area contributed by atoms with Crippen molar-refractivity contribution < 1.29 is 23.2 Å². The van der Waals surface area contributed by atoms with E-state index in [-0.39, 0.29) is 10.6 Å². The molecule has 0 aliphatic carbocycles. The van der Waals surface area contributed by atoms with Gasteiger partial charge in [-0.05, 0) is 58.1 Å². The molecule has 14 heteroatoms. The summed E-state index contributed by atoms with van der Waals surface area (Å²) in [5, 5.41) is 7.55. The lowest BCUT2D eigenvalue weighted by atomic mass is 9.97. The van der Waals surface area contributed by atoms with Gasteiger partial charge in [0.1, 0.15) is 17.7 Å². The lowest BCUT2D eigenvalue weighted by Gasteiger charge is -2.33. The zero-order chi connectivity index (χ0) is 39.6. The van der Waals surface area contributed by atoms with E-state index >= 15 is 4.39 Å². The number of hydrogen-bond donors (Lipinski definition) is 5. The standard InChI is InChI=1S/C42H33Cl3F2N6O3/c43-31-19-16-28(17-20-31)37(26-10-4-1-5-11-26)48-40(54)50-51-42(56)53(39(29-14-8-3-9-15-29)33-22-21-32(46)25-36(33)47)52-41(55)49-38(27-12-6-2-7-13-27)30-18-23-34(44)35(45)24-30/h1-25,37-39H,(H,51,56)(H2,48,50,54)(H2,49,52,55). The molecule has 0 bridgehead atoms. The number of nitrogens with one attached hydrogen (secondary N) is 5. The van der Waals surface area contributed by atoms with Crippen LogP contribution in [0.4, 0.5) is 23.2 Å². The van der Waals surface area contributed by atoms with Crippen molar-refractivity contribution in [1.82, 2.24) is 31.9 Å². The second-order valence-electron chi connectivity index (χ2n) is 12.4. The van der Waals surface area contributed by atoms with Gasteiger partial charge in [-0.25, -0.2) is 44.5 Å². The van der Waals surface area contributed by atoms with Gasteiger partial charge in [0.2, 0.25) is 0 Å². The molecule has 5 N–H and O–H groups in total. The molecular weight excluding hydrogens is 781 g/mol. The van der Waals surface area contributed by atoms with Crippen molar-refractivity contribution in [2.24, 2.45) is 0 Å². The first-order valence-corrected chi connectivity index (χ1v) is 18.2. The van der Waals surface area contributed by atoms with Gasteiger partial charge in [-0.15, -0.1) is 0 Å². The minimum atomic E-state index is -1.38. The molecule has 0 spiro atoms. The van der Waals surface area contributed by atoms with Crippen LogP contribution < -0.4 is 26.9 Å². The smallest absolute Gasteiger partial charge is 0.326 e. The van der Waals surface area contributed by atoms with Crippen molar-refractivity contribution in [2.75, 3.05) is 0 Å². The Bertz CT molecular complexity index is 2290.